The van der Waals surface area contributed by atoms with Crippen molar-refractivity contribution in [2.75, 3.05) is 45.8 Å². The van der Waals surface area contributed by atoms with Crippen molar-refractivity contribution in [1.29, 1.82) is 0 Å². The number of sulfonamides is 1. The van der Waals surface area contributed by atoms with E-state index in [0.29, 0.717) is 24.4 Å². The Morgan fingerprint density at radius 2 is 1.62 bits per heavy atom. The minimum Gasteiger partial charge on any atom is -0.340 e. The number of carbonyl (C=O) groups is 1. The van der Waals surface area contributed by atoms with Crippen molar-refractivity contribution in [2.24, 2.45) is 5.92 Å². The van der Waals surface area contributed by atoms with Crippen LogP contribution >= 0.6 is 0 Å². The number of rotatable bonds is 5. The molecule has 0 aliphatic carbocycles. The molecule has 0 spiro atoms. The summed E-state index contributed by atoms with van der Waals surface area (Å²) in [6.07, 6.45) is 2.06. The molecule has 7 heteroatoms. The molecule has 26 heavy (non-hydrogen) atoms. The quantitative estimate of drug-likeness (QED) is 0.780. The third-order valence-electron chi connectivity index (χ3n) is 5.59. The van der Waals surface area contributed by atoms with Crippen molar-refractivity contribution >= 4 is 15.9 Å². The second-order valence-corrected chi connectivity index (χ2v) is 9.12. The molecule has 0 bridgehead atoms. The fraction of sp³-hybridized carbons (Fsp3) is 0.632. The Bertz CT molecular complexity index is 692. The zero-order valence-electron chi connectivity index (χ0n) is 15.5. The number of piperazine rings is 1. The number of likely N-dealkylation sites (N-methyl/N-ethyl adjacent to an activating group) is 1. The average Bonchev–Trinajstić information content (AvgIpc) is 2.69. The van der Waals surface area contributed by atoms with Crippen LogP contribution in [0.4, 0.5) is 0 Å². The molecule has 1 aromatic rings. The summed E-state index contributed by atoms with van der Waals surface area (Å²) in [4.78, 5) is 17.2. The van der Waals surface area contributed by atoms with E-state index < -0.39 is 10.0 Å². The predicted molar refractivity (Wildman–Crippen MR) is 101 cm³/mol. The number of hydrogen-bond donors (Lipinski definition) is 0. The lowest BCUT2D eigenvalue weighted by molar-refractivity contribution is -0.134. The van der Waals surface area contributed by atoms with E-state index in [1.54, 1.807) is 28.6 Å². The molecule has 2 aliphatic heterocycles. The molecule has 0 atom stereocenters. The van der Waals surface area contributed by atoms with Gasteiger partial charge in [-0.1, -0.05) is 25.1 Å². The van der Waals surface area contributed by atoms with Crippen LogP contribution < -0.4 is 0 Å². The minimum absolute atomic E-state index is 0.227. The van der Waals surface area contributed by atoms with Crippen LogP contribution in [0.1, 0.15) is 26.2 Å². The standard InChI is InChI=1S/C19H29N3O3S/c1-2-20-12-14-21(15-13-20)19(23)16-17-8-10-22(11-9-17)26(24,25)18-6-4-3-5-7-18/h3-7,17H,2,8-16H2,1H3. The molecule has 2 aliphatic rings. The Balaban J connectivity index is 1.49. The fourth-order valence-electron chi connectivity index (χ4n) is 3.78. The maximum absolute atomic E-state index is 12.7. The first-order valence-corrected chi connectivity index (χ1v) is 11.0. The highest BCUT2D eigenvalue weighted by atomic mass is 32.2. The van der Waals surface area contributed by atoms with Gasteiger partial charge < -0.3 is 9.80 Å². The third kappa shape index (κ3) is 4.45. The summed E-state index contributed by atoms with van der Waals surface area (Å²) in [5.74, 6) is 0.513. The lowest BCUT2D eigenvalue weighted by Crippen LogP contribution is -2.49. The molecule has 2 fully saturated rings. The van der Waals surface area contributed by atoms with E-state index in [4.69, 9.17) is 0 Å². The van der Waals surface area contributed by atoms with Crippen molar-refractivity contribution in [1.82, 2.24) is 14.1 Å². The summed E-state index contributed by atoms with van der Waals surface area (Å²) < 4.78 is 26.9. The first kappa shape index (κ1) is 19.3. The third-order valence-corrected chi connectivity index (χ3v) is 7.50. The van der Waals surface area contributed by atoms with Crippen molar-refractivity contribution in [3.63, 3.8) is 0 Å². The summed E-state index contributed by atoms with van der Waals surface area (Å²) in [6, 6.07) is 8.59. The van der Waals surface area contributed by atoms with Crippen LogP contribution in [0.5, 0.6) is 0 Å². The number of amides is 1. The van der Waals surface area contributed by atoms with E-state index in [2.05, 4.69) is 11.8 Å². The molecule has 0 aromatic heterocycles. The Morgan fingerprint density at radius 3 is 2.19 bits per heavy atom. The predicted octanol–water partition coefficient (Wildman–Crippen LogP) is 1.64. The van der Waals surface area contributed by atoms with Gasteiger partial charge in [0.1, 0.15) is 0 Å². The van der Waals surface area contributed by atoms with Gasteiger partial charge in [-0.05, 0) is 37.4 Å². The molecule has 0 N–H and O–H groups in total. The summed E-state index contributed by atoms with van der Waals surface area (Å²) in [5.41, 5.74) is 0. The van der Waals surface area contributed by atoms with Gasteiger partial charge in [-0.15, -0.1) is 0 Å². The number of hydrogen-bond acceptors (Lipinski definition) is 4. The van der Waals surface area contributed by atoms with E-state index in [9.17, 15) is 13.2 Å². The van der Waals surface area contributed by atoms with Gasteiger partial charge in [0.2, 0.25) is 15.9 Å². The van der Waals surface area contributed by atoms with E-state index in [-0.39, 0.29) is 11.8 Å². The molecule has 144 valence electrons. The smallest absolute Gasteiger partial charge is 0.243 e. The fourth-order valence-corrected chi connectivity index (χ4v) is 5.28. The van der Waals surface area contributed by atoms with Crippen LogP contribution in [0.3, 0.4) is 0 Å². The number of benzene rings is 1. The number of carbonyl (C=O) groups excluding carboxylic acids is 1. The molecule has 0 saturated carbocycles. The second-order valence-electron chi connectivity index (χ2n) is 7.18. The maximum Gasteiger partial charge on any atom is 0.243 e. The highest BCUT2D eigenvalue weighted by molar-refractivity contribution is 7.89. The van der Waals surface area contributed by atoms with Crippen molar-refractivity contribution in [2.45, 2.75) is 31.1 Å². The van der Waals surface area contributed by atoms with Crippen LogP contribution in [-0.4, -0.2) is 74.2 Å². The van der Waals surface area contributed by atoms with Gasteiger partial charge in [0.15, 0.2) is 0 Å². The highest BCUT2D eigenvalue weighted by Crippen LogP contribution is 2.26. The van der Waals surface area contributed by atoms with E-state index >= 15 is 0 Å². The molecule has 2 saturated heterocycles. The molecular weight excluding hydrogens is 350 g/mol. The second kappa shape index (κ2) is 8.50. The Kier molecular flexibility index (Phi) is 6.32. The molecule has 2 heterocycles. The van der Waals surface area contributed by atoms with Crippen molar-refractivity contribution in [3.05, 3.63) is 30.3 Å². The van der Waals surface area contributed by atoms with Gasteiger partial charge in [0.05, 0.1) is 4.90 Å². The van der Waals surface area contributed by atoms with Gasteiger partial charge in [-0.2, -0.15) is 4.31 Å². The minimum atomic E-state index is -3.41. The Labute approximate surface area is 156 Å². The average molecular weight is 380 g/mol. The largest absolute Gasteiger partial charge is 0.340 e. The maximum atomic E-state index is 12.7. The normalized spacial score (nSPS) is 21.0. The summed E-state index contributed by atoms with van der Waals surface area (Å²) in [7, 11) is -3.41. The molecule has 1 amide bonds. The summed E-state index contributed by atoms with van der Waals surface area (Å²) >= 11 is 0. The number of nitrogens with zero attached hydrogens (tertiary/aromatic N) is 3. The van der Waals surface area contributed by atoms with Crippen LogP contribution in [0.15, 0.2) is 35.2 Å². The molecule has 0 radical (unpaired) electrons. The lowest BCUT2D eigenvalue weighted by atomic mass is 9.94. The van der Waals surface area contributed by atoms with Gasteiger partial charge in [0.25, 0.3) is 0 Å². The zero-order chi connectivity index (χ0) is 18.6. The molecular formula is C19H29N3O3S. The van der Waals surface area contributed by atoms with Crippen LogP contribution in [-0.2, 0) is 14.8 Å². The van der Waals surface area contributed by atoms with E-state index in [1.165, 1.54) is 0 Å². The zero-order valence-corrected chi connectivity index (χ0v) is 16.3. The Morgan fingerprint density at radius 1 is 1.00 bits per heavy atom. The monoisotopic (exact) mass is 379 g/mol. The lowest BCUT2D eigenvalue weighted by Gasteiger charge is -2.36. The van der Waals surface area contributed by atoms with Gasteiger partial charge >= 0.3 is 0 Å². The van der Waals surface area contributed by atoms with Gasteiger partial charge in [-0.3, -0.25) is 4.79 Å². The van der Waals surface area contributed by atoms with E-state index in [1.807, 2.05) is 11.0 Å². The molecule has 1 aromatic carbocycles. The van der Waals surface area contributed by atoms with Crippen LogP contribution in [0.2, 0.25) is 0 Å². The van der Waals surface area contributed by atoms with Crippen molar-refractivity contribution < 1.29 is 13.2 Å². The van der Waals surface area contributed by atoms with Crippen LogP contribution in [0.25, 0.3) is 0 Å². The molecule has 0 unspecified atom stereocenters. The highest BCUT2D eigenvalue weighted by Gasteiger charge is 2.31. The van der Waals surface area contributed by atoms with Gasteiger partial charge in [0, 0.05) is 45.7 Å². The molecule has 3 rings (SSSR count). The Hall–Kier alpha value is -1.44. The molecule has 6 nitrogen and oxygen atoms in total. The van der Waals surface area contributed by atoms with Gasteiger partial charge in [-0.25, -0.2) is 8.42 Å². The number of piperidine rings is 1. The topological polar surface area (TPSA) is 60.9 Å². The first-order valence-electron chi connectivity index (χ1n) is 9.56. The summed E-state index contributed by atoms with van der Waals surface area (Å²) in [5, 5.41) is 0. The van der Waals surface area contributed by atoms with Crippen LogP contribution in [0, 0.1) is 5.92 Å². The first-order chi connectivity index (χ1) is 12.5. The van der Waals surface area contributed by atoms with E-state index in [0.717, 1.165) is 45.6 Å². The SMILES string of the molecule is CCN1CCN(C(=O)CC2CCN(S(=O)(=O)c3ccccc3)CC2)CC1. The summed E-state index contributed by atoms with van der Waals surface area (Å²) in [6.45, 7) is 7.72. The van der Waals surface area contributed by atoms with Crippen molar-refractivity contribution in [3.8, 4) is 0 Å².